The van der Waals surface area contributed by atoms with Crippen molar-refractivity contribution in [1.82, 2.24) is 9.99 Å². The molecule has 0 bridgehead atoms. The first-order valence-corrected chi connectivity index (χ1v) is 7.52. The molecule has 136 valence electrons. The fourth-order valence-corrected chi connectivity index (χ4v) is 2.55. The van der Waals surface area contributed by atoms with Crippen LogP contribution in [0.5, 0.6) is 5.75 Å². The largest absolute Gasteiger partial charge is 0.497 e. The van der Waals surface area contributed by atoms with Crippen LogP contribution in [0.3, 0.4) is 0 Å². The zero-order valence-electron chi connectivity index (χ0n) is 13.6. The number of pyridine rings is 1. The van der Waals surface area contributed by atoms with E-state index >= 15 is 0 Å². The van der Waals surface area contributed by atoms with Crippen LogP contribution in [0.1, 0.15) is 22.3 Å². The molecular formula is C17H14F3N3O3. The molecule has 0 aliphatic carbocycles. The van der Waals surface area contributed by atoms with Crippen molar-refractivity contribution in [2.45, 2.75) is 18.3 Å². The van der Waals surface area contributed by atoms with Gasteiger partial charge in [-0.1, -0.05) is 12.1 Å². The molecule has 6 nitrogen and oxygen atoms in total. The number of rotatable bonds is 3. The summed E-state index contributed by atoms with van der Waals surface area (Å²) >= 11 is 0. The average molecular weight is 365 g/mol. The van der Waals surface area contributed by atoms with E-state index in [-0.39, 0.29) is 16.3 Å². The van der Waals surface area contributed by atoms with E-state index in [4.69, 9.17) is 4.74 Å². The Bertz CT molecular complexity index is 855. The van der Waals surface area contributed by atoms with Crippen LogP contribution in [0, 0.1) is 0 Å². The van der Waals surface area contributed by atoms with Gasteiger partial charge in [-0.05, 0) is 24.3 Å². The molecule has 0 spiro atoms. The molecule has 0 saturated carbocycles. The number of amides is 1. The summed E-state index contributed by atoms with van der Waals surface area (Å²) < 4.78 is 45.7. The van der Waals surface area contributed by atoms with E-state index in [0.29, 0.717) is 11.3 Å². The van der Waals surface area contributed by atoms with Gasteiger partial charge in [-0.15, -0.1) is 0 Å². The highest BCUT2D eigenvalue weighted by Gasteiger charge is 2.63. The summed E-state index contributed by atoms with van der Waals surface area (Å²) in [5.74, 6) is -0.686. The van der Waals surface area contributed by atoms with Crippen molar-refractivity contribution >= 4 is 11.6 Å². The highest BCUT2D eigenvalue weighted by atomic mass is 19.4. The Labute approximate surface area is 146 Å². The summed E-state index contributed by atoms with van der Waals surface area (Å²) in [7, 11) is 1.42. The number of halogens is 3. The molecule has 1 aliphatic heterocycles. The van der Waals surface area contributed by atoms with Gasteiger partial charge in [-0.3, -0.25) is 9.78 Å². The van der Waals surface area contributed by atoms with Crippen LogP contribution in [0.4, 0.5) is 13.2 Å². The molecule has 1 N–H and O–H groups in total. The SMILES string of the molecule is COc1cccc(C2=NN(C(=O)c3cccnc3)[C@](O)(C(F)(F)F)C2)c1. The van der Waals surface area contributed by atoms with Gasteiger partial charge in [0.15, 0.2) is 0 Å². The molecule has 26 heavy (non-hydrogen) atoms. The monoisotopic (exact) mass is 365 g/mol. The standard InChI is InChI=1S/C17H14F3N3O3/c1-26-13-6-2-4-11(8-13)14-9-16(25,17(18,19)20)23(22-14)15(24)12-5-3-7-21-10-12/h2-8,10,25H,9H2,1H3/t16-/m1/s1. The second-order valence-electron chi connectivity index (χ2n) is 5.63. The molecule has 1 aromatic carbocycles. The lowest BCUT2D eigenvalue weighted by Gasteiger charge is -2.32. The third-order valence-electron chi connectivity index (χ3n) is 3.94. The Morgan fingerprint density at radius 2 is 2.08 bits per heavy atom. The second-order valence-corrected chi connectivity index (χ2v) is 5.63. The van der Waals surface area contributed by atoms with Crippen molar-refractivity contribution in [3.05, 3.63) is 59.9 Å². The van der Waals surface area contributed by atoms with E-state index in [0.717, 1.165) is 6.20 Å². The summed E-state index contributed by atoms with van der Waals surface area (Å²) in [4.78, 5) is 16.2. The van der Waals surface area contributed by atoms with Gasteiger partial charge in [-0.25, -0.2) is 0 Å². The lowest BCUT2D eigenvalue weighted by atomic mass is 10.0. The number of hydrazone groups is 1. The minimum atomic E-state index is -5.10. The smallest absolute Gasteiger partial charge is 0.438 e. The predicted molar refractivity (Wildman–Crippen MR) is 85.6 cm³/mol. The average Bonchev–Trinajstić information content (AvgIpc) is 3.01. The van der Waals surface area contributed by atoms with E-state index in [1.807, 2.05) is 0 Å². The van der Waals surface area contributed by atoms with E-state index in [2.05, 4.69) is 10.1 Å². The molecule has 1 aromatic heterocycles. The number of aliphatic hydroxyl groups is 1. The molecule has 3 rings (SSSR count). The summed E-state index contributed by atoms with van der Waals surface area (Å²) in [5.41, 5.74) is -3.33. The van der Waals surface area contributed by atoms with Gasteiger partial charge in [0.1, 0.15) is 5.75 Å². The van der Waals surface area contributed by atoms with Gasteiger partial charge < -0.3 is 9.84 Å². The second kappa shape index (κ2) is 6.41. The Balaban J connectivity index is 2.05. The molecule has 0 saturated heterocycles. The van der Waals surface area contributed by atoms with E-state index < -0.39 is 24.2 Å². The Morgan fingerprint density at radius 1 is 1.31 bits per heavy atom. The maximum atomic E-state index is 13.5. The Hall–Kier alpha value is -2.94. The molecule has 2 heterocycles. The lowest BCUT2D eigenvalue weighted by molar-refractivity contribution is -0.297. The molecule has 1 aliphatic rings. The fourth-order valence-electron chi connectivity index (χ4n) is 2.55. The van der Waals surface area contributed by atoms with Crippen molar-refractivity contribution in [1.29, 1.82) is 0 Å². The lowest BCUT2D eigenvalue weighted by Crippen LogP contribution is -2.56. The molecule has 9 heteroatoms. The number of nitrogens with zero attached hydrogens (tertiary/aromatic N) is 3. The summed E-state index contributed by atoms with van der Waals surface area (Å²) in [6.45, 7) is 0. The van der Waals surface area contributed by atoms with Crippen LogP contribution in [-0.2, 0) is 0 Å². The van der Waals surface area contributed by atoms with Gasteiger partial charge in [-0.2, -0.15) is 23.3 Å². The number of aromatic nitrogens is 1. The third-order valence-corrected chi connectivity index (χ3v) is 3.94. The number of benzene rings is 1. The maximum absolute atomic E-state index is 13.5. The first kappa shape index (κ1) is 17.9. The predicted octanol–water partition coefficient (Wildman–Crippen LogP) is 2.59. The van der Waals surface area contributed by atoms with Crippen molar-refractivity contribution < 1.29 is 27.8 Å². The van der Waals surface area contributed by atoms with Crippen molar-refractivity contribution in [2.75, 3.05) is 7.11 Å². The number of hydrogen-bond donors (Lipinski definition) is 1. The highest BCUT2D eigenvalue weighted by Crippen LogP contribution is 2.42. The van der Waals surface area contributed by atoms with Crippen molar-refractivity contribution in [2.24, 2.45) is 5.10 Å². The van der Waals surface area contributed by atoms with Crippen LogP contribution < -0.4 is 4.74 Å². The van der Waals surface area contributed by atoms with Crippen LogP contribution >= 0.6 is 0 Å². The maximum Gasteiger partial charge on any atom is 0.438 e. The van der Waals surface area contributed by atoms with Crippen LogP contribution in [-0.4, -0.2) is 45.7 Å². The number of alkyl halides is 3. The first-order chi connectivity index (χ1) is 12.3. The molecule has 2 aromatic rings. The number of ether oxygens (including phenoxy) is 1. The molecule has 1 amide bonds. The Morgan fingerprint density at radius 3 is 2.69 bits per heavy atom. The number of carbonyl (C=O) groups excluding carboxylic acids is 1. The molecule has 1 atom stereocenters. The number of carbonyl (C=O) groups is 1. The zero-order valence-corrected chi connectivity index (χ0v) is 13.6. The Kier molecular flexibility index (Phi) is 4.41. The van der Waals surface area contributed by atoms with E-state index in [1.165, 1.54) is 37.6 Å². The quantitative estimate of drug-likeness (QED) is 0.907. The topological polar surface area (TPSA) is 75.0 Å². The highest BCUT2D eigenvalue weighted by molar-refractivity contribution is 6.05. The molecule has 0 fully saturated rings. The minimum absolute atomic E-state index is 0.0683. The van der Waals surface area contributed by atoms with E-state index in [9.17, 15) is 23.1 Å². The summed E-state index contributed by atoms with van der Waals surface area (Å²) in [5, 5.41) is 14.1. The van der Waals surface area contributed by atoms with Crippen molar-refractivity contribution in [3.8, 4) is 5.75 Å². The van der Waals surface area contributed by atoms with Gasteiger partial charge >= 0.3 is 6.18 Å². The fraction of sp³-hybridized carbons (Fsp3) is 0.235. The number of methoxy groups -OCH3 is 1. The van der Waals surface area contributed by atoms with Gasteiger partial charge in [0.2, 0.25) is 0 Å². The number of hydrogen-bond acceptors (Lipinski definition) is 5. The third kappa shape index (κ3) is 3.01. The summed E-state index contributed by atoms with van der Waals surface area (Å²) in [6.07, 6.45) is -3.51. The molecule has 0 unspecified atom stereocenters. The van der Waals surface area contributed by atoms with Crippen LogP contribution in [0.25, 0.3) is 0 Å². The minimum Gasteiger partial charge on any atom is -0.497 e. The van der Waals surface area contributed by atoms with Gasteiger partial charge in [0, 0.05) is 18.0 Å². The van der Waals surface area contributed by atoms with Crippen molar-refractivity contribution in [3.63, 3.8) is 0 Å². The van der Waals surface area contributed by atoms with E-state index in [1.54, 1.807) is 12.1 Å². The molecule has 0 radical (unpaired) electrons. The van der Waals surface area contributed by atoms with Crippen LogP contribution in [0.2, 0.25) is 0 Å². The molecular weight excluding hydrogens is 351 g/mol. The summed E-state index contributed by atoms with van der Waals surface area (Å²) in [6, 6.07) is 8.90. The van der Waals surface area contributed by atoms with Crippen LogP contribution in [0.15, 0.2) is 53.9 Å². The first-order valence-electron chi connectivity index (χ1n) is 7.52. The van der Waals surface area contributed by atoms with Gasteiger partial charge in [0.25, 0.3) is 11.6 Å². The van der Waals surface area contributed by atoms with Gasteiger partial charge in [0.05, 0.1) is 24.8 Å². The normalized spacial score (nSPS) is 20.0. The zero-order chi connectivity index (χ0) is 18.9.